The van der Waals surface area contributed by atoms with Gasteiger partial charge in [0.05, 0.1) is 6.20 Å². The SMILES string of the molecule is NC1(c2cccc3oncc23)CC1. The molecule has 13 heavy (non-hydrogen) atoms. The van der Waals surface area contributed by atoms with Gasteiger partial charge in [0.25, 0.3) is 0 Å². The van der Waals surface area contributed by atoms with Crippen LogP contribution in [0.15, 0.2) is 28.9 Å². The summed E-state index contributed by atoms with van der Waals surface area (Å²) in [6.07, 6.45) is 3.88. The summed E-state index contributed by atoms with van der Waals surface area (Å²) in [4.78, 5) is 0. The van der Waals surface area contributed by atoms with Gasteiger partial charge in [0, 0.05) is 10.9 Å². The predicted octanol–water partition coefficient (Wildman–Crippen LogP) is 1.78. The highest BCUT2D eigenvalue weighted by Crippen LogP contribution is 2.45. The van der Waals surface area contributed by atoms with Crippen LogP contribution in [0.5, 0.6) is 0 Å². The molecule has 0 atom stereocenters. The van der Waals surface area contributed by atoms with Crippen molar-refractivity contribution in [3.05, 3.63) is 30.0 Å². The topological polar surface area (TPSA) is 52.0 Å². The fourth-order valence-corrected chi connectivity index (χ4v) is 1.73. The maximum Gasteiger partial charge on any atom is 0.167 e. The summed E-state index contributed by atoms with van der Waals surface area (Å²) in [6.45, 7) is 0. The van der Waals surface area contributed by atoms with E-state index >= 15 is 0 Å². The molecule has 1 aromatic heterocycles. The Morgan fingerprint density at radius 1 is 1.38 bits per heavy atom. The van der Waals surface area contributed by atoms with E-state index in [0.29, 0.717) is 0 Å². The minimum absolute atomic E-state index is 0.106. The van der Waals surface area contributed by atoms with Gasteiger partial charge in [0.15, 0.2) is 5.58 Å². The molecular formula is C10H10N2O. The van der Waals surface area contributed by atoms with Gasteiger partial charge in [-0.1, -0.05) is 17.3 Å². The summed E-state index contributed by atoms with van der Waals surface area (Å²) in [5.74, 6) is 0. The summed E-state index contributed by atoms with van der Waals surface area (Å²) in [5.41, 5.74) is 8.02. The van der Waals surface area contributed by atoms with Crippen molar-refractivity contribution in [1.29, 1.82) is 0 Å². The molecule has 1 heterocycles. The Morgan fingerprint density at radius 2 is 2.23 bits per heavy atom. The molecule has 66 valence electrons. The molecule has 0 spiro atoms. The van der Waals surface area contributed by atoms with Crippen molar-refractivity contribution in [1.82, 2.24) is 5.16 Å². The predicted molar refractivity (Wildman–Crippen MR) is 49.1 cm³/mol. The third kappa shape index (κ3) is 0.906. The molecule has 1 saturated carbocycles. The Balaban J connectivity index is 2.33. The van der Waals surface area contributed by atoms with Gasteiger partial charge in [-0.15, -0.1) is 0 Å². The van der Waals surface area contributed by atoms with Gasteiger partial charge in [-0.3, -0.25) is 0 Å². The number of hydrogen-bond acceptors (Lipinski definition) is 3. The zero-order valence-electron chi connectivity index (χ0n) is 7.16. The molecule has 0 unspecified atom stereocenters. The Labute approximate surface area is 75.5 Å². The van der Waals surface area contributed by atoms with Gasteiger partial charge in [0.1, 0.15) is 0 Å². The number of hydrogen-bond donors (Lipinski definition) is 1. The van der Waals surface area contributed by atoms with Crippen molar-refractivity contribution in [2.24, 2.45) is 5.73 Å². The molecule has 1 fully saturated rings. The first kappa shape index (κ1) is 7.09. The standard InChI is InChI=1S/C10H10N2O/c11-10(4-5-10)8-2-1-3-9-7(8)6-12-13-9/h1-3,6H,4-5,11H2. The van der Waals surface area contributed by atoms with E-state index < -0.39 is 0 Å². The zero-order chi connectivity index (χ0) is 8.89. The van der Waals surface area contributed by atoms with Gasteiger partial charge in [-0.25, -0.2) is 0 Å². The first-order chi connectivity index (χ1) is 6.30. The van der Waals surface area contributed by atoms with E-state index in [-0.39, 0.29) is 5.54 Å². The Kier molecular flexibility index (Phi) is 1.15. The van der Waals surface area contributed by atoms with Gasteiger partial charge >= 0.3 is 0 Å². The van der Waals surface area contributed by atoms with E-state index in [1.54, 1.807) is 6.20 Å². The van der Waals surface area contributed by atoms with E-state index in [0.717, 1.165) is 23.8 Å². The van der Waals surface area contributed by atoms with Gasteiger partial charge in [0.2, 0.25) is 0 Å². The van der Waals surface area contributed by atoms with Crippen molar-refractivity contribution in [3.63, 3.8) is 0 Å². The van der Waals surface area contributed by atoms with E-state index in [1.165, 1.54) is 5.56 Å². The Hall–Kier alpha value is -1.35. The quantitative estimate of drug-likeness (QED) is 0.716. The second-order valence-electron chi connectivity index (χ2n) is 3.70. The zero-order valence-corrected chi connectivity index (χ0v) is 7.16. The van der Waals surface area contributed by atoms with Crippen LogP contribution in [0.1, 0.15) is 18.4 Å². The average molecular weight is 174 g/mol. The summed E-state index contributed by atoms with van der Waals surface area (Å²) in [5, 5.41) is 4.83. The van der Waals surface area contributed by atoms with Crippen molar-refractivity contribution >= 4 is 11.0 Å². The maximum absolute atomic E-state index is 6.12. The molecular weight excluding hydrogens is 164 g/mol. The monoisotopic (exact) mass is 174 g/mol. The van der Waals surface area contributed by atoms with E-state index in [4.69, 9.17) is 10.3 Å². The van der Waals surface area contributed by atoms with Gasteiger partial charge in [-0.2, -0.15) is 0 Å². The molecule has 0 aliphatic heterocycles. The first-order valence-electron chi connectivity index (χ1n) is 4.42. The Morgan fingerprint density at radius 3 is 3.00 bits per heavy atom. The first-order valence-corrected chi connectivity index (χ1v) is 4.42. The van der Waals surface area contributed by atoms with Gasteiger partial charge < -0.3 is 10.3 Å². The number of benzene rings is 1. The van der Waals surface area contributed by atoms with Crippen LogP contribution >= 0.6 is 0 Å². The van der Waals surface area contributed by atoms with Crippen molar-refractivity contribution in [2.75, 3.05) is 0 Å². The largest absolute Gasteiger partial charge is 0.356 e. The molecule has 1 aliphatic rings. The second-order valence-corrected chi connectivity index (χ2v) is 3.70. The lowest BCUT2D eigenvalue weighted by Crippen LogP contribution is -2.18. The molecule has 1 aromatic carbocycles. The lowest BCUT2D eigenvalue weighted by Gasteiger charge is -2.08. The summed E-state index contributed by atoms with van der Waals surface area (Å²) in [7, 11) is 0. The minimum atomic E-state index is -0.106. The van der Waals surface area contributed by atoms with Crippen LogP contribution in [-0.2, 0) is 5.54 Å². The maximum atomic E-state index is 6.12. The van der Waals surface area contributed by atoms with Crippen LogP contribution in [0.3, 0.4) is 0 Å². The lowest BCUT2D eigenvalue weighted by molar-refractivity contribution is 0.456. The normalized spacial score (nSPS) is 19.2. The molecule has 3 nitrogen and oxygen atoms in total. The average Bonchev–Trinajstić information content (AvgIpc) is 2.72. The van der Waals surface area contributed by atoms with Crippen LogP contribution in [0.2, 0.25) is 0 Å². The number of aromatic nitrogens is 1. The van der Waals surface area contributed by atoms with E-state index in [9.17, 15) is 0 Å². The fourth-order valence-electron chi connectivity index (χ4n) is 1.73. The molecule has 3 rings (SSSR count). The summed E-state index contributed by atoms with van der Waals surface area (Å²) < 4.78 is 5.08. The van der Waals surface area contributed by atoms with Crippen molar-refractivity contribution in [2.45, 2.75) is 18.4 Å². The van der Waals surface area contributed by atoms with E-state index in [2.05, 4.69) is 11.2 Å². The van der Waals surface area contributed by atoms with Crippen LogP contribution in [0.4, 0.5) is 0 Å². The second kappa shape index (κ2) is 2.12. The lowest BCUT2D eigenvalue weighted by atomic mass is 10.0. The molecule has 0 bridgehead atoms. The van der Waals surface area contributed by atoms with Crippen molar-refractivity contribution in [3.8, 4) is 0 Å². The molecule has 3 heteroatoms. The van der Waals surface area contributed by atoms with E-state index in [1.807, 2.05) is 12.1 Å². The van der Waals surface area contributed by atoms with Gasteiger partial charge in [-0.05, 0) is 24.5 Å². The molecule has 1 aliphatic carbocycles. The van der Waals surface area contributed by atoms with Crippen LogP contribution in [0.25, 0.3) is 11.0 Å². The smallest absolute Gasteiger partial charge is 0.167 e. The summed E-state index contributed by atoms with van der Waals surface area (Å²) in [6, 6.07) is 5.94. The third-order valence-electron chi connectivity index (χ3n) is 2.72. The Bertz CT molecular complexity index is 457. The van der Waals surface area contributed by atoms with Crippen LogP contribution < -0.4 is 5.73 Å². The highest BCUT2D eigenvalue weighted by atomic mass is 16.5. The van der Waals surface area contributed by atoms with Crippen LogP contribution in [-0.4, -0.2) is 5.16 Å². The minimum Gasteiger partial charge on any atom is -0.356 e. The fraction of sp³-hybridized carbons (Fsp3) is 0.300. The molecule has 0 saturated heterocycles. The molecule has 2 aromatic rings. The van der Waals surface area contributed by atoms with Crippen molar-refractivity contribution < 1.29 is 4.52 Å². The molecule has 2 N–H and O–H groups in total. The number of rotatable bonds is 1. The number of fused-ring (bicyclic) bond motifs is 1. The third-order valence-corrected chi connectivity index (χ3v) is 2.72. The number of nitrogens with two attached hydrogens (primary N) is 1. The molecule has 0 amide bonds. The summed E-state index contributed by atoms with van der Waals surface area (Å²) >= 11 is 0. The van der Waals surface area contributed by atoms with Crippen LogP contribution in [0, 0.1) is 0 Å². The highest BCUT2D eigenvalue weighted by molar-refractivity contribution is 5.81. The number of nitrogens with zero attached hydrogens (tertiary/aromatic N) is 1. The highest BCUT2D eigenvalue weighted by Gasteiger charge is 2.41. The molecule has 0 radical (unpaired) electrons.